The molecule has 0 atom stereocenters. The van der Waals surface area contributed by atoms with Gasteiger partial charge in [0, 0.05) is 25.8 Å². The number of carbonyl (C=O) groups is 1. The van der Waals surface area contributed by atoms with E-state index in [0.717, 1.165) is 5.69 Å². The fourth-order valence-corrected chi connectivity index (χ4v) is 1.75. The van der Waals surface area contributed by atoms with Crippen LogP contribution in [0, 0.1) is 0 Å². The van der Waals surface area contributed by atoms with Gasteiger partial charge in [-0.15, -0.1) is 0 Å². The van der Waals surface area contributed by atoms with Crippen LogP contribution < -0.4 is 4.90 Å². The summed E-state index contributed by atoms with van der Waals surface area (Å²) in [7, 11) is 1.73. The normalized spacial score (nSPS) is 15.7. The predicted molar refractivity (Wildman–Crippen MR) is 64.3 cm³/mol. The number of hydrogen-bond acceptors (Lipinski definition) is 3. The molecule has 92 valence electrons. The highest BCUT2D eigenvalue weighted by Crippen LogP contribution is 2.18. The quantitative estimate of drug-likeness (QED) is 0.799. The van der Waals surface area contributed by atoms with Crippen molar-refractivity contribution in [1.82, 2.24) is 4.90 Å². The van der Waals surface area contributed by atoms with E-state index >= 15 is 0 Å². The van der Waals surface area contributed by atoms with Gasteiger partial charge < -0.3 is 14.7 Å². The van der Waals surface area contributed by atoms with Gasteiger partial charge in [-0.05, 0) is 24.3 Å². The fraction of sp³-hybridized carbons (Fsp3) is 0.417. The Kier molecular flexibility index (Phi) is 3.49. The highest BCUT2D eigenvalue weighted by molar-refractivity contribution is 5.91. The minimum atomic E-state index is -0.0426. The van der Waals surface area contributed by atoms with Crippen molar-refractivity contribution in [3.63, 3.8) is 0 Å². The lowest BCUT2D eigenvalue weighted by Crippen LogP contribution is -2.47. The Morgan fingerprint density at radius 2 is 1.88 bits per heavy atom. The standard InChI is InChI=1S/C12H16N2O3/c1-13(10-2-4-11(15)5-3-10)12(16)14-6-8-17-9-7-14/h2-5,15H,6-9H2,1H3. The number of carbonyl (C=O) groups excluding carboxylic acids is 1. The lowest BCUT2D eigenvalue weighted by molar-refractivity contribution is 0.0551. The summed E-state index contributed by atoms with van der Waals surface area (Å²) in [5.41, 5.74) is 0.763. The summed E-state index contributed by atoms with van der Waals surface area (Å²) in [6.45, 7) is 2.44. The van der Waals surface area contributed by atoms with E-state index in [9.17, 15) is 9.90 Å². The number of morpholine rings is 1. The summed E-state index contributed by atoms with van der Waals surface area (Å²) in [6, 6.07) is 6.53. The molecule has 1 N–H and O–H groups in total. The van der Waals surface area contributed by atoms with Crippen LogP contribution in [0.25, 0.3) is 0 Å². The van der Waals surface area contributed by atoms with Crippen LogP contribution in [0.5, 0.6) is 5.75 Å². The van der Waals surface area contributed by atoms with Crippen molar-refractivity contribution in [2.24, 2.45) is 0 Å². The SMILES string of the molecule is CN(C(=O)N1CCOCC1)c1ccc(O)cc1. The van der Waals surface area contributed by atoms with E-state index in [1.54, 1.807) is 41.1 Å². The summed E-state index contributed by atoms with van der Waals surface area (Å²) in [6.07, 6.45) is 0. The number of ether oxygens (including phenoxy) is 1. The number of hydrogen-bond donors (Lipinski definition) is 1. The lowest BCUT2D eigenvalue weighted by Gasteiger charge is -2.31. The molecule has 0 aromatic heterocycles. The Balaban J connectivity index is 2.05. The minimum Gasteiger partial charge on any atom is -0.508 e. The molecule has 0 unspecified atom stereocenters. The average Bonchev–Trinajstić information content (AvgIpc) is 2.39. The third kappa shape index (κ3) is 2.68. The molecule has 1 aromatic carbocycles. The molecule has 1 aliphatic heterocycles. The zero-order chi connectivity index (χ0) is 12.3. The van der Waals surface area contributed by atoms with Crippen molar-refractivity contribution >= 4 is 11.7 Å². The number of amides is 2. The number of phenolic OH excluding ortho intramolecular Hbond substituents is 1. The number of urea groups is 1. The molecule has 1 saturated heterocycles. The largest absolute Gasteiger partial charge is 0.508 e. The van der Waals surface area contributed by atoms with Crippen molar-refractivity contribution in [3.05, 3.63) is 24.3 Å². The van der Waals surface area contributed by atoms with Crippen molar-refractivity contribution in [3.8, 4) is 5.75 Å². The minimum absolute atomic E-state index is 0.0426. The lowest BCUT2D eigenvalue weighted by atomic mass is 10.3. The highest BCUT2D eigenvalue weighted by Gasteiger charge is 2.21. The molecule has 0 radical (unpaired) electrons. The maximum atomic E-state index is 12.1. The summed E-state index contributed by atoms with van der Waals surface area (Å²) in [5.74, 6) is 0.195. The van der Waals surface area contributed by atoms with Gasteiger partial charge in [0.2, 0.25) is 0 Å². The molecule has 2 amide bonds. The van der Waals surface area contributed by atoms with Gasteiger partial charge in [0.05, 0.1) is 13.2 Å². The summed E-state index contributed by atoms with van der Waals surface area (Å²) in [5, 5.41) is 9.20. The number of rotatable bonds is 1. The molecule has 0 spiro atoms. The molecular formula is C12H16N2O3. The van der Waals surface area contributed by atoms with Gasteiger partial charge >= 0.3 is 6.03 Å². The van der Waals surface area contributed by atoms with E-state index in [4.69, 9.17) is 4.74 Å². The number of anilines is 1. The summed E-state index contributed by atoms with van der Waals surface area (Å²) in [4.78, 5) is 15.5. The molecule has 1 aliphatic rings. The first kappa shape index (κ1) is 11.7. The summed E-state index contributed by atoms with van der Waals surface area (Å²) >= 11 is 0. The van der Waals surface area contributed by atoms with Crippen LogP contribution in [0.15, 0.2) is 24.3 Å². The molecule has 0 bridgehead atoms. The third-order valence-electron chi connectivity index (χ3n) is 2.81. The van der Waals surface area contributed by atoms with E-state index in [2.05, 4.69) is 0 Å². The topological polar surface area (TPSA) is 53.0 Å². The van der Waals surface area contributed by atoms with Crippen LogP contribution in [0.1, 0.15) is 0 Å². The van der Waals surface area contributed by atoms with Crippen LogP contribution >= 0.6 is 0 Å². The third-order valence-corrected chi connectivity index (χ3v) is 2.81. The van der Waals surface area contributed by atoms with Crippen LogP contribution in [0.4, 0.5) is 10.5 Å². The number of nitrogens with zero attached hydrogens (tertiary/aromatic N) is 2. The Hall–Kier alpha value is -1.75. The van der Waals surface area contributed by atoms with Gasteiger partial charge in [-0.2, -0.15) is 0 Å². The Labute approximate surface area is 100 Å². The maximum Gasteiger partial charge on any atom is 0.324 e. The molecule has 0 saturated carbocycles. The molecule has 5 heteroatoms. The Morgan fingerprint density at radius 3 is 2.47 bits per heavy atom. The zero-order valence-electron chi connectivity index (χ0n) is 9.80. The number of aromatic hydroxyl groups is 1. The monoisotopic (exact) mass is 236 g/mol. The van der Waals surface area contributed by atoms with Gasteiger partial charge in [-0.3, -0.25) is 4.90 Å². The molecule has 17 heavy (non-hydrogen) atoms. The zero-order valence-corrected chi connectivity index (χ0v) is 9.80. The van der Waals surface area contributed by atoms with Crippen LogP contribution in [-0.2, 0) is 4.74 Å². The summed E-state index contributed by atoms with van der Waals surface area (Å²) < 4.78 is 5.21. The fourth-order valence-electron chi connectivity index (χ4n) is 1.75. The Morgan fingerprint density at radius 1 is 1.29 bits per heavy atom. The molecule has 5 nitrogen and oxygen atoms in total. The van der Waals surface area contributed by atoms with E-state index < -0.39 is 0 Å². The first-order valence-corrected chi connectivity index (χ1v) is 5.58. The Bertz CT molecular complexity index is 385. The molecule has 1 heterocycles. The molecule has 0 aliphatic carbocycles. The van der Waals surface area contributed by atoms with Crippen LogP contribution in [0.3, 0.4) is 0 Å². The van der Waals surface area contributed by atoms with Crippen LogP contribution in [-0.4, -0.2) is 49.4 Å². The van der Waals surface area contributed by atoms with Crippen molar-refractivity contribution in [2.75, 3.05) is 38.3 Å². The van der Waals surface area contributed by atoms with Gasteiger partial charge in [0.25, 0.3) is 0 Å². The maximum absolute atomic E-state index is 12.1. The molecule has 2 rings (SSSR count). The van der Waals surface area contributed by atoms with Gasteiger partial charge in [0.1, 0.15) is 5.75 Å². The van der Waals surface area contributed by atoms with E-state index in [1.807, 2.05) is 0 Å². The highest BCUT2D eigenvalue weighted by atomic mass is 16.5. The second kappa shape index (κ2) is 5.05. The van der Waals surface area contributed by atoms with Crippen LogP contribution in [0.2, 0.25) is 0 Å². The first-order chi connectivity index (χ1) is 8.18. The van der Waals surface area contributed by atoms with Crippen molar-refractivity contribution in [1.29, 1.82) is 0 Å². The van der Waals surface area contributed by atoms with E-state index in [0.29, 0.717) is 26.3 Å². The number of benzene rings is 1. The van der Waals surface area contributed by atoms with Gasteiger partial charge in [0.15, 0.2) is 0 Å². The smallest absolute Gasteiger partial charge is 0.324 e. The number of phenols is 1. The molecular weight excluding hydrogens is 220 g/mol. The first-order valence-electron chi connectivity index (χ1n) is 5.58. The van der Waals surface area contributed by atoms with Crippen molar-refractivity contribution < 1.29 is 14.6 Å². The molecule has 1 aromatic rings. The van der Waals surface area contributed by atoms with Gasteiger partial charge in [-0.1, -0.05) is 0 Å². The molecule has 1 fully saturated rings. The second-order valence-corrected chi connectivity index (χ2v) is 3.96. The van der Waals surface area contributed by atoms with Crippen molar-refractivity contribution in [2.45, 2.75) is 0 Å². The second-order valence-electron chi connectivity index (χ2n) is 3.96. The van der Waals surface area contributed by atoms with Gasteiger partial charge in [-0.25, -0.2) is 4.79 Å². The average molecular weight is 236 g/mol. The predicted octanol–water partition coefficient (Wildman–Crippen LogP) is 1.28. The van der Waals surface area contributed by atoms with E-state index in [1.165, 1.54) is 0 Å². The van der Waals surface area contributed by atoms with E-state index in [-0.39, 0.29) is 11.8 Å².